The van der Waals surface area contributed by atoms with Gasteiger partial charge in [-0.1, -0.05) is 197 Å². The van der Waals surface area contributed by atoms with Gasteiger partial charge in [0.1, 0.15) is 48.8 Å². The Morgan fingerprint density at radius 1 is 0.529 bits per heavy atom. The molecule has 0 saturated carbocycles. The van der Waals surface area contributed by atoms with Gasteiger partial charge in [-0.15, -0.1) is 0 Å². The van der Waals surface area contributed by atoms with Gasteiger partial charge < -0.3 is 65.1 Å². The van der Waals surface area contributed by atoms with Crippen molar-refractivity contribution in [2.75, 3.05) is 19.8 Å². The monoisotopic (exact) mass is 996 g/mol. The SMILES string of the molecule is CC/C=C\C/C=C\C/C=C\C/C=C\CCCCCCCCC(=O)NC(COC1OC(CO)C(OC2OC(CO)C(O)C(O)C2O)C(O)C1O)C(O)CCCCCCCCCCCCCCCCCCC. The summed E-state index contributed by atoms with van der Waals surface area (Å²) in [6.07, 6.45) is 33.8. The molecule has 0 bridgehead atoms. The number of hydrogen-bond acceptors (Lipinski definition) is 13. The first kappa shape index (κ1) is 64.1. The molecule has 9 N–H and O–H groups in total. The van der Waals surface area contributed by atoms with Crippen LogP contribution in [0.3, 0.4) is 0 Å². The summed E-state index contributed by atoms with van der Waals surface area (Å²) < 4.78 is 22.8. The Balaban J connectivity index is 1.80. The van der Waals surface area contributed by atoms with Gasteiger partial charge >= 0.3 is 0 Å². The Bertz CT molecular complexity index is 1360. The van der Waals surface area contributed by atoms with Crippen molar-refractivity contribution in [3.8, 4) is 0 Å². The van der Waals surface area contributed by atoms with Gasteiger partial charge in [0.2, 0.25) is 5.91 Å². The fourth-order valence-electron chi connectivity index (χ4n) is 9.05. The number of aliphatic hydroxyl groups excluding tert-OH is 8. The van der Waals surface area contributed by atoms with Gasteiger partial charge in [0.05, 0.1) is 32.0 Å². The summed E-state index contributed by atoms with van der Waals surface area (Å²) in [5.74, 6) is -0.222. The Hall–Kier alpha value is -2.05. The molecule has 0 spiro atoms. The fraction of sp³-hybridized carbons (Fsp3) is 0.839. The highest BCUT2D eigenvalue weighted by atomic mass is 16.7. The van der Waals surface area contributed by atoms with E-state index in [1.54, 1.807) is 0 Å². The number of hydrogen-bond donors (Lipinski definition) is 9. The van der Waals surface area contributed by atoms with Crippen LogP contribution in [0.4, 0.5) is 0 Å². The number of ether oxygens (including phenoxy) is 4. The third-order valence-electron chi connectivity index (χ3n) is 13.6. The normalized spacial score (nSPS) is 26.3. The van der Waals surface area contributed by atoms with Crippen molar-refractivity contribution in [2.45, 2.75) is 280 Å². The molecule has 2 aliphatic heterocycles. The van der Waals surface area contributed by atoms with Crippen LogP contribution in [0.5, 0.6) is 0 Å². The van der Waals surface area contributed by atoms with E-state index >= 15 is 0 Å². The highest BCUT2D eigenvalue weighted by Crippen LogP contribution is 2.30. The third-order valence-corrected chi connectivity index (χ3v) is 13.6. The van der Waals surface area contributed by atoms with Gasteiger partial charge in [0, 0.05) is 6.42 Å². The maximum atomic E-state index is 13.2. The van der Waals surface area contributed by atoms with Gasteiger partial charge in [0.15, 0.2) is 12.6 Å². The summed E-state index contributed by atoms with van der Waals surface area (Å²) in [5, 5.41) is 87.1. The average Bonchev–Trinajstić information content (AvgIpc) is 3.36. The molecule has 12 unspecified atom stereocenters. The molecule has 0 radical (unpaired) electrons. The largest absolute Gasteiger partial charge is 0.394 e. The van der Waals surface area contributed by atoms with E-state index in [0.717, 1.165) is 89.9 Å². The minimum Gasteiger partial charge on any atom is -0.394 e. The number of rotatable bonds is 43. The van der Waals surface area contributed by atoms with Crippen molar-refractivity contribution in [1.82, 2.24) is 5.32 Å². The lowest BCUT2D eigenvalue weighted by Crippen LogP contribution is -2.65. The summed E-state index contributed by atoms with van der Waals surface area (Å²) in [7, 11) is 0. The molecule has 2 aliphatic rings. The lowest BCUT2D eigenvalue weighted by atomic mass is 9.97. The number of allylic oxidation sites excluding steroid dienone is 8. The Labute approximate surface area is 423 Å². The summed E-state index contributed by atoms with van der Waals surface area (Å²) in [5.41, 5.74) is 0. The molecule has 0 aromatic carbocycles. The number of unbranched alkanes of at least 4 members (excludes halogenated alkanes) is 22. The molecule has 2 saturated heterocycles. The smallest absolute Gasteiger partial charge is 0.220 e. The van der Waals surface area contributed by atoms with E-state index in [2.05, 4.69) is 67.8 Å². The Morgan fingerprint density at radius 2 is 0.986 bits per heavy atom. The number of aliphatic hydroxyl groups is 8. The van der Waals surface area contributed by atoms with E-state index in [4.69, 9.17) is 18.9 Å². The average molecular weight is 996 g/mol. The summed E-state index contributed by atoms with van der Waals surface area (Å²) in [6.45, 7) is 2.74. The molecule has 408 valence electrons. The van der Waals surface area contributed by atoms with Gasteiger partial charge in [-0.05, 0) is 51.4 Å². The topological polar surface area (TPSA) is 228 Å². The van der Waals surface area contributed by atoms with E-state index in [-0.39, 0.29) is 18.9 Å². The van der Waals surface area contributed by atoms with E-state index in [0.29, 0.717) is 12.8 Å². The highest BCUT2D eigenvalue weighted by Gasteiger charge is 2.51. The maximum absolute atomic E-state index is 13.2. The van der Waals surface area contributed by atoms with Crippen LogP contribution in [-0.4, -0.2) is 140 Å². The quantitative estimate of drug-likeness (QED) is 0.0207. The zero-order valence-corrected chi connectivity index (χ0v) is 43.5. The van der Waals surface area contributed by atoms with Crippen molar-refractivity contribution in [1.29, 1.82) is 0 Å². The summed E-state index contributed by atoms with van der Waals surface area (Å²) in [6, 6.07) is -0.837. The number of amides is 1. The van der Waals surface area contributed by atoms with E-state index in [1.807, 2.05) is 0 Å². The molecular formula is C56H101NO13. The van der Waals surface area contributed by atoms with Crippen LogP contribution < -0.4 is 5.32 Å². The van der Waals surface area contributed by atoms with Crippen LogP contribution in [0, 0.1) is 0 Å². The van der Waals surface area contributed by atoms with Crippen LogP contribution in [0.2, 0.25) is 0 Å². The highest BCUT2D eigenvalue weighted by molar-refractivity contribution is 5.76. The fourth-order valence-corrected chi connectivity index (χ4v) is 9.05. The van der Waals surface area contributed by atoms with Crippen molar-refractivity contribution in [2.24, 2.45) is 0 Å². The van der Waals surface area contributed by atoms with Crippen LogP contribution in [0.25, 0.3) is 0 Å². The lowest BCUT2D eigenvalue weighted by Gasteiger charge is -2.46. The molecule has 0 aliphatic carbocycles. The first-order valence-electron chi connectivity index (χ1n) is 27.9. The van der Waals surface area contributed by atoms with Crippen LogP contribution in [-0.2, 0) is 23.7 Å². The molecule has 1 amide bonds. The van der Waals surface area contributed by atoms with Gasteiger partial charge in [-0.2, -0.15) is 0 Å². The third kappa shape index (κ3) is 28.4. The molecular weight excluding hydrogens is 895 g/mol. The van der Waals surface area contributed by atoms with E-state index in [9.17, 15) is 45.6 Å². The number of carbonyl (C=O) groups is 1. The van der Waals surface area contributed by atoms with Crippen molar-refractivity contribution >= 4 is 5.91 Å². The van der Waals surface area contributed by atoms with Crippen LogP contribution in [0.15, 0.2) is 48.6 Å². The molecule has 2 heterocycles. The van der Waals surface area contributed by atoms with Crippen molar-refractivity contribution < 1.29 is 64.6 Å². The number of carbonyl (C=O) groups excluding carboxylic acids is 1. The van der Waals surface area contributed by atoms with Crippen molar-refractivity contribution in [3.63, 3.8) is 0 Å². The first-order valence-corrected chi connectivity index (χ1v) is 27.9. The van der Waals surface area contributed by atoms with Gasteiger partial charge in [0.25, 0.3) is 0 Å². The van der Waals surface area contributed by atoms with E-state index < -0.39 is 86.8 Å². The molecule has 12 atom stereocenters. The predicted molar refractivity (Wildman–Crippen MR) is 277 cm³/mol. The second-order valence-electron chi connectivity index (χ2n) is 19.7. The molecule has 70 heavy (non-hydrogen) atoms. The maximum Gasteiger partial charge on any atom is 0.220 e. The Morgan fingerprint density at radius 3 is 1.51 bits per heavy atom. The van der Waals surface area contributed by atoms with Crippen molar-refractivity contribution in [3.05, 3.63) is 48.6 Å². The number of nitrogens with one attached hydrogen (secondary N) is 1. The first-order chi connectivity index (χ1) is 34.1. The zero-order valence-electron chi connectivity index (χ0n) is 43.5. The lowest BCUT2D eigenvalue weighted by molar-refractivity contribution is -0.359. The van der Waals surface area contributed by atoms with E-state index in [1.165, 1.54) is 83.5 Å². The van der Waals surface area contributed by atoms with Gasteiger partial charge in [-0.25, -0.2) is 0 Å². The summed E-state index contributed by atoms with van der Waals surface area (Å²) >= 11 is 0. The minimum atomic E-state index is -1.78. The second kappa shape index (κ2) is 42.3. The minimum absolute atomic E-state index is 0.222. The zero-order chi connectivity index (χ0) is 51.0. The Kier molecular flexibility index (Phi) is 38.7. The molecule has 2 fully saturated rings. The molecule has 0 aromatic heterocycles. The molecule has 0 aromatic rings. The standard InChI is InChI=1S/C56H101NO13/c1-3-5-7-9-11-13-15-17-19-21-22-24-26-28-30-32-34-36-38-40-48(61)57-44(45(60)39-37-35-33-31-29-27-25-23-20-18-16-14-12-10-8-6-4-2)43-67-55-53(66)51(64)54(47(42-59)69-55)70-56-52(65)50(63)49(62)46(41-58)68-56/h5,7,11,13,17,19,22,24,44-47,49-56,58-60,62-66H,3-4,6,8-10,12,14-16,18,20-21,23,25-43H2,1-2H3,(H,57,61)/b7-5-,13-11-,19-17-,24-22-. The molecule has 14 nitrogen and oxygen atoms in total. The van der Waals surface area contributed by atoms with Gasteiger partial charge in [-0.3, -0.25) is 4.79 Å². The second-order valence-corrected chi connectivity index (χ2v) is 19.7. The predicted octanol–water partition coefficient (Wildman–Crippen LogP) is 8.44. The molecule has 2 rings (SSSR count). The van der Waals surface area contributed by atoms with Crippen LogP contribution >= 0.6 is 0 Å². The van der Waals surface area contributed by atoms with Crippen LogP contribution in [0.1, 0.15) is 206 Å². The summed E-state index contributed by atoms with van der Waals surface area (Å²) in [4.78, 5) is 13.2. The molecule has 14 heteroatoms.